The molecule has 0 radical (unpaired) electrons. The van der Waals surface area contributed by atoms with Gasteiger partial charge in [-0.25, -0.2) is 4.79 Å². The van der Waals surface area contributed by atoms with Gasteiger partial charge >= 0.3 is 12.6 Å². The highest BCUT2D eigenvalue weighted by molar-refractivity contribution is 6.08. The minimum Gasteiger partial charge on any atom is -0.494 e. The average molecular weight is 655 g/mol. The molecule has 0 atom stereocenters. The Morgan fingerprint density at radius 2 is 1.62 bits per heavy atom. The maximum Gasteiger partial charge on any atom is 0.387 e. The molecule has 5 aromatic rings. The third kappa shape index (κ3) is 8.35. The van der Waals surface area contributed by atoms with Crippen molar-refractivity contribution in [3.05, 3.63) is 114 Å². The lowest BCUT2D eigenvalue weighted by atomic mass is 9.85. The van der Waals surface area contributed by atoms with Crippen LogP contribution in [0.5, 0.6) is 23.0 Å². The maximum absolute atomic E-state index is 13.4. The number of hydrogen-bond donors (Lipinski definition) is 3. The molecule has 5 rings (SSSR count). The number of carbonyl (C=O) groups excluding carboxylic acids is 2. The van der Waals surface area contributed by atoms with Crippen LogP contribution in [0.15, 0.2) is 91.1 Å². The molecule has 0 spiro atoms. The zero-order chi connectivity index (χ0) is 34.4. The molecule has 1 heterocycles. The standard InChI is InChI=1S/C37H36F2N4O5/c1-37(2,3)24-18-23(19-33(40)44)34(46-4)31(20-24)43-36(45)42-30-12-13-32(29-11-6-5-10-28(29)30)47-27-14-15-41-25(21-27)16-22-8-7-9-26(17-22)48-35(38)39/h5-15,17-18,20-21,35H,16,19H2,1-4H3,(H2,40,44)(H2,42,43,45). The average Bonchev–Trinajstić information content (AvgIpc) is 3.01. The van der Waals surface area contributed by atoms with Gasteiger partial charge in [0.25, 0.3) is 0 Å². The first-order valence-electron chi connectivity index (χ1n) is 15.2. The Morgan fingerprint density at radius 1 is 0.875 bits per heavy atom. The van der Waals surface area contributed by atoms with Gasteiger partial charge in [0.2, 0.25) is 5.91 Å². The van der Waals surface area contributed by atoms with E-state index in [9.17, 15) is 18.4 Å². The number of alkyl halides is 2. The van der Waals surface area contributed by atoms with Crippen molar-refractivity contribution in [2.45, 2.75) is 45.6 Å². The summed E-state index contributed by atoms with van der Waals surface area (Å²) in [5.74, 6) is 1.00. The second kappa shape index (κ2) is 14.4. The number of rotatable bonds is 11. The first-order chi connectivity index (χ1) is 22.9. The van der Waals surface area contributed by atoms with Crippen molar-refractivity contribution in [3.63, 3.8) is 0 Å². The number of hydrogen-bond acceptors (Lipinski definition) is 6. The van der Waals surface area contributed by atoms with Gasteiger partial charge in [-0.05, 0) is 52.9 Å². The fourth-order valence-electron chi connectivity index (χ4n) is 5.30. The maximum atomic E-state index is 13.4. The lowest BCUT2D eigenvalue weighted by Gasteiger charge is -2.23. The molecule has 0 fully saturated rings. The van der Waals surface area contributed by atoms with Crippen molar-refractivity contribution in [2.24, 2.45) is 5.73 Å². The van der Waals surface area contributed by atoms with Gasteiger partial charge in [0, 0.05) is 40.7 Å². The van der Waals surface area contributed by atoms with Gasteiger partial charge in [0.15, 0.2) is 0 Å². The number of nitrogens with zero attached hydrogens (tertiary/aromatic N) is 1. The number of primary amides is 1. The fourth-order valence-corrected chi connectivity index (χ4v) is 5.30. The van der Waals surface area contributed by atoms with Gasteiger partial charge in [-0.2, -0.15) is 8.78 Å². The Hall–Kier alpha value is -5.71. The monoisotopic (exact) mass is 654 g/mol. The van der Waals surface area contributed by atoms with E-state index in [0.29, 0.717) is 46.3 Å². The molecule has 4 N–H and O–H groups in total. The van der Waals surface area contributed by atoms with Crippen molar-refractivity contribution in [1.82, 2.24) is 4.98 Å². The Labute approximate surface area is 277 Å². The molecule has 0 saturated carbocycles. The van der Waals surface area contributed by atoms with Crippen LogP contribution >= 0.6 is 0 Å². The number of aromatic nitrogens is 1. The second-order valence-corrected chi connectivity index (χ2v) is 12.1. The summed E-state index contributed by atoms with van der Waals surface area (Å²) >= 11 is 0. The van der Waals surface area contributed by atoms with Gasteiger partial charge in [-0.1, -0.05) is 63.2 Å². The van der Waals surface area contributed by atoms with Gasteiger partial charge < -0.3 is 30.6 Å². The normalized spacial score (nSPS) is 11.3. The largest absolute Gasteiger partial charge is 0.494 e. The predicted molar refractivity (Wildman–Crippen MR) is 181 cm³/mol. The van der Waals surface area contributed by atoms with Crippen LogP contribution in [0.4, 0.5) is 25.0 Å². The lowest BCUT2D eigenvalue weighted by molar-refractivity contribution is -0.117. The van der Waals surface area contributed by atoms with Gasteiger partial charge in [-0.3, -0.25) is 9.78 Å². The second-order valence-electron chi connectivity index (χ2n) is 12.1. The van der Waals surface area contributed by atoms with Crippen LogP contribution in [0, 0.1) is 0 Å². The molecule has 48 heavy (non-hydrogen) atoms. The molecule has 0 unspecified atom stereocenters. The van der Waals surface area contributed by atoms with Crippen LogP contribution in [0.2, 0.25) is 0 Å². The zero-order valence-electron chi connectivity index (χ0n) is 27.0. The Balaban J connectivity index is 1.37. The SMILES string of the molecule is COc1c(CC(N)=O)cc(C(C)(C)C)cc1NC(=O)Nc1ccc(Oc2ccnc(Cc3cccc(OC(F)F)c3)c2)c2ccccc12. The van der Waals surface area contributed by atoms with Crippen molar-refractivity contribution >= 4 is 34.1 Å². The number of nitrogens with two attached hydrogens (primary N) is 1. The summed E-state index contributed by atoms with van der Waals surface area (Å²) in [5, 5.41) is 7.30. The quantitative estimate of drug-likeness (QED) is 0.132. The molecule has 248 valence electrons. The van der Waals surface area contributed by atoms with E-state index < -0.39 is 18.5 Å². The number of anilines is 2. The van der Waals surface area contributed by atoms with E-state index >= 15 is 0 Å². The molecule has 11 heteroatoms. The third-order valence-electron chi connectivity index (χ3n) is 7.51. The van der Waals surface area contributed by atoms with Crippen LogP contribution in [-0.4, -0.2) is 30.6 Å². The molecule has 0 aliphatic carbocycles. The number of benzene rings is 4. The van der Waals surface area contributed by atoms with E-state index in [1.54, 1.807) is 48.7 Å². The van der Waals surface area contributed by atoms with Crippen molar-refractivity contribution < 1.29 is 32.6 Å². The molecule has 0 aliphatic heterocycles. The highest BCUT2D eigenvalue weighted by atomic mass is 19.3. The summed E-state index contributed by atoms with van der Waals surface area (Å²) in [4.78, 5) is 29.6. The minimum atomic E-state index is -2.90. The van der Waals surface area contributed by atoms with Gasteiger partial charge in [-0.15, -0.1) is 0 Å². The summed E-state index contributed by atoms with van der Waals surface area (Å²) in [7, 11) is 1.47. The molecule has 1 aromatic heterocycles. The number of carbonyl (C=O) groups is 2. The van der Waals surface area contributed by atoms with Crippen LogP contribution < -0.4 is 30.6 Å². The summed E-state index contributed by atoms with van der Waals surface area (Å²) < 4.78 is 41.7. The summed E-state index contributed by atoms with van der Waals surface area (Å²) in [6.45, 7) is 3.19. The Bertz CT molecular complexity index is 1960. The Morgan fingerprint density at radius 3 is 2.33 bits per heavy atom. The topological polar surface area (TPSA) is 125 Å². The summed E-state index contributed by atoms with van der Waals surface area (Å²) in [6.07, 6.45) is 1.95. The molecule has 4 aromatic carbocycles. The number of halogens is 2. The van der Waals surface area contributed by atoms with Crippen molar-refractivity contribution in [2.75, 3.05) is 17.7 Å². The first-order valence-corrected chi connectivity index (χ1v) is 15.2. The van der Waals surface area contributed by atoms with Crippen LogP contribution in [0.25, 0.3) is 10.8 Å². The molecular formula is C37H36F2N4O5. The van der Waals surface area contributed by atoms with E-state index in [-0.39, 0.29) is 17.6 Å². The van der Waals surface area contributed by atoms with E-state index in [0.717, 1.165) is 21.9 Å². The summed E-state index contributed by atoms with van der Waals surface area (Å²) in [5.41, 5.74) is 9.07. The van der Waals surface area contributed by atoms with E-state index in [1.807, 2.05) is 57.2 Å². The van der Waals surface area contributed by atoms with Crippen molar-refractivity contribution in [3.8, 4) is 23.0 Å². The van der Waals surface area contributed by atoms with E-state index in [4.69, 9.17) is 15.2 Å². The highest BCUT2D eigenvalue weighted by Gasteiger charge is 2.22. The number of methoxy groups -OCH3 is 1. The zero-order valence-corrected chi connectivity index (χ0v) is 27.0. The predicted octanol–water partition coefficient (Wildman–Crippen LogP) is 8.20. The molecule has 9 nitrogen and oxygen atoms in total. The number of nitrogens with one attached hydrogen (secondary N) is 2. The highest BCUT2D eigenvalue weighted by Crippen LogP contribution is 2.37. The number of urea groups is 1. The van der Waals surface area contributed by atoms with Gasteiger partial charge in [0.05, 0.1) is 24.9 Å². The minimum absolute atomic E-state index is 0.0437. The first kappa shape index (κ1) is 33.6. The summed E-state index contributed by atoms with van der Waals surface area (Å²) in [6, 6.07) is 24.2. The van der Waals surface area contributed by atoms with Crippen molar-refractivity contribution in [1.29, 1.82) is 0 Å². The van der Waals surface area contributed by atoms with E-state index in [1.165, 1.54) is 13.2 Å². The molecule has 0 saturated heterocycles. The number of ether oxygens (including phenoxy) is 3. The van der Waals surface area contributed by atoms with Crippen LogP contribution in [-0.2, 0) is 23.1 Å². The molecule has 0 aliphatic rings. The smallest absolute Gasteiger partial charge is 0.387 e. The number of pyridine rings is 1. The number of amides is 3. The molecule has 0 bridgehead atoms. The Kier molecular flexibility index (Phi) is 10.1. The number of fused-ring (bicyclic) bond motifs is 1. The van der Waals surface area contributed by atoms with E-state index in [2.05, 4.69) is 20.4 Å². The van der Waals surface area contributed by atoms with Crippen LogP contribution in [0.1, 0.15) is 43.2 Å². The third-order valence-corrected chi connectivity index (χ3v) is 7.51. The molecular weight excluding hydrogens is 618 g/mol. The molecule has 3 amide bonds. The van der Waals surface area contributed by atoms with Crippen LogP contribution in [0.3, 0.4) is 0 Å². The fraction of sp³-hybridized carbons (Fsp3) is 0.216. The van der Waals surface area contributed by atoms with Gasteiger partial charge in [0.1, 0.15) is 23.0 Å². The lowest BCUT2D eigenvalue weighted by Crippen LogP contribution is -2.22.